The number of hydrogen-bond donors (Lipinski definition) is 0. The molecule has 0 aliphatic rings. The largest absolute Gasteiger partial charge is 0.243 e. The summed E-state index contributed by atoms with van der Waals surface area (Å²) >= 11 is 17.4. The Morgan fingerprint density at radius 1 is 0.800 bits per heavy atom. The molecule has 0 saturated heterocycles. The molecule has 1 rings (SSSR count). The van der Waals surface area contributed by atoms with Gasteiger partial charge in [-0.2, -0.15) is 0 Å². The highest BCUT2D eigenvalue weighted by atomic mass is 80.0. The second-order valence-electron chi connectivity index (χ2n) is 3.23. The lowest BCUT2D eigenvalue weighted by Gasteiger charge is -2.15. The predicted molar refractivity (Wildman–Crippen MR) is 97.6 cm³/mol. The van der Waals surface area contributed by atoms with Crippen molar-refractivity contribution in [3.05, 3.63) is 18.3 Å². The fraction of sp³-hybridized carbons (Fsp3) is 0.286. The summed E-state index contributed by atoms with van der Waals surface area (Å²) in [6, 6.07) is 2.24. The Balaban J connectivity index is 3.35. The van der Waals surface area contributed by atoms with Crippen LogP contribution in [0, 0.1) is 0 Å². The van der Waals surface area contributed by atoms with E-state index in [-0.39, 0.29) is 9.92 Å². The van der Waals surface area contributed by atoms with E-state index in [1.54, 1.807) is 0 Å². The fourth-order valence-corrected chi connectivity index (χ4v) is 5.49. The maximum atomic E-state index is 12.1. The molecule has 0 radical (unpaired) electrons. The van der Waals surface area contributed by atoms with Crippen LogP contribution >= 0.6 is 95.6 Å². The first kappa shape index (κ1) is 20.0. The molecule has 0 spiro atoms. The number of sulfone groups is 2. The summed E-state index contributed by atoms with van der Waals surface area (Å²) in [7, 11) is -7.68. The van der Waals surface area contributed by atoms with E-state index in [0.717, 1.165) is 18.3 Å². The minimum absolute atomic E-state index is 0.161. The van der Waals surface area contributed by atoms with E-state index < -0.39 is 22.6 Å². The Morgan fingerprint density at radius 3 is 1.55 bits per heavy atom. The van der Waals surface area contributed by atoms with Gasteiger partial charge in [-0.3, -0.25) is 0 Å². The molecule has 0 N–H and O–H groups in total. The van der Waals surface area contributed by atoms with Crippen LogP contribution < -0.4 is 0 Å². The Morgan fingerprint density at radius 2 is 1.25 bits per heavy atom. The normalized spacial score (nSPS) is 14.3. The lowest BCUT2D eigenvalue weighted by molar-refractivity contribution is 0.591. The van der Waals surface area contributed by atoms with Crippen molar-refractivity contribution in [3.63, 3.8) is 0 Å². The van der Waals surface area contributed by atoms with Crippen LogP contribution in [0.1, 0.15) is 0 Å². The van der Waals surface area contributed by atoms with E-state index >= 15 is 0 Å². The van der Waals surface area contributed by atoms with Crippen molar-refractivity contribution in [2.24, 2.45) is 0 Å². The number of pyridine rings is 1. The van der Waals surface area contributed by atoms with Gasteiger partial charge in [0.15, 0.2) is 5.03 Å². The topological polar surface area (TPSA) is 81.2 Å². The monoisotopic (exact) mass is 702 g/mol. The molecule has 0 unspecified atom stereocenters. The summed E-state index contributed by atoms with van der Waals surface area (Å²) in [5.41, 5.74) is 0. The highest BCUT2D eigenvalue weighted by Crippen LogP contribution is 2.44. The molecule has 0 aliphatic heterocycles. The average molecular weight is 709 g/mol. The quantitative estimate of drug-likeness (QED) is 0.431. The Hall–Kier alpha value is 1.93. The molecule has 1 aromatic rings. The number of hydrogen-bond acceptors (Lipinski definition) is 5. The van der Waals surface area contributed by atoms with Crippen LogP contribution in [0.2, 0.25) is 0 Å². The molecule has 0 fully saturated rings. The Labute approximate surface area is 166 Å². The zero-order valence-corrected chi connectivity index (χ0v) is 20.0. The highest BCUT2D eigenvalue weighted by molar-refractivity contribution is 9.42. The van der Waals surface area contributed by atoms with Gasteiger partial charge in [-0.1, -0.05) is 0 Å². The lowest BCUT2D eigenvalue weighted by Crippen LogP contribution is -2.21. The SMILES string of the molecule is O=S(=O)(c1ccc(S(=O)(=O)C(Br)(Br)Br)nc1)C(Br)(Br)Br. The van der Waals surface area contributed by atoms with Crippen LogP contribution in [0.3, 0.4) is 0 Å². The molecule has 13 heteroatoms. The molecule has 5 nitrogen and oxygen atoms in total. The summed E-state index contributed by atoms with van der Waals surface area (Å²) in [5.74, 6) is 0. The maximum Gasteiger partial charge on any atom is 0.240 e. The molecular formula is C7H3Br6NO4S2. The van der Waals surface area contributed by atoms with Crippen molar-refractivity contribution in [2.75, 3.05) is 0 Å². The summed E-state index contributed by atoms with van der Waals surface area (Å²) in [4.78, 5) is 3.52. The van der Waals surface area contributed by atoms with Crippen molar-refractivity contribution >= 4 is 115 Å². The minimum Gasteiger partial charge on any atom is -0.243 e. The van der Waals surface area contributed by atoms with E-state index in [0.29, 0.717) is 0 Å². The smallest absolute Gasteiger partial charge is 0.240 e. The van der Waals surface area contributed by atoms with Crippen LogP contribution in [0.5, 0.6) is 0 Å². The van der Waals surface area contributed by atoms with E-state index in [9.17, 15) is 16.8 Å². The summed E-state index contributed by atoms with van der Waals surface area (Å²) in [6.45, 7) is 0. The molecule has 0 bridgehead atoms. The number of halogens is 6. The van der Waals surface area contributed by atoms with Crippen LogP contribution in [0.25, 0.3) is 0 Å². The average Bonchev–Trinajstić information content (AvgIpc) is 2.26. The summed E-state index contributed by atoms with van der Waals surface area (Å²) in [6.07, 6.45) is 0.958. The third-order valence-corrected chi connectivity index (χ3v) is 12.4. The zero-order valence-electron chi connectivity index (χ0n) is 8.90. The summed E-state index contributed by atoms with van der Waals surface area (Å²) < 4.78 is 45.0. The van der Waals surface area contributed by atoms with E-state index in [2.05, 4.69) is 101 Å². The van der Waals surface area contributed by atoms with Gasteiger partial charge in [0.1, 0.15) is 0 Å². The molecule has 0 aliphatic carbocycles. The minimum atomic E-state index is -3.87. The molecule has 20 heavy (non-hydrogen) atoms. The van der Waals surface area contributed by atoms with E-state index in [1.165, 1.54) is 0 Å². The number of rotatable bonds is 2. The molecule has 0 saturated carbocycles. The van der Waals surface area contributed by atoms with Gasteiger partial charge >= 0.3 is 0 Å². The van der Waals surface area contributed by atoms with Crippen LogP contribution in [0.4, 0.5) is 0 Å². The molecule has 0 amide bonds. The third-order valence-electron chi connectivity index (χ3n) is 1.90. The second-order valence-corrected chi connectivity index (χ2v) is 24.0. The van der Waals surface area contributed by atoms with Gasteiger partial charge in [0.25, 0.3) is 0 Å². The van der Waals surface area contributed by atoms with Gasteiger partial charge < -0.3 is 0 Å². The Bertz CT molecular complexity index is 638. The lowest BCUT2D eigenvalue weighted by atomic mass is 10.5. The van der Waals surface area contributed by atoms with Crippen molar-refractivity contribution in [1.29, 1.82) is 0 Å². The molecular weight excluding hydrogens is 706 g/mol. The second kappa shape index (κ2) is 6.44. The number of alkyl halides is 6. The van der Waals surface area contributed by atoms with Crippen LogP contribution in [-0.2, 0) is 19.7 Å². The van der Waals surface area contributed by atoms with Crippen LogP contribution in [0.15, 0.2) is 28.3 Å². The number of nitrogens with zero attached hydrogens (tertiary/aromatic N) is 1. The van der Waals surface area contributed by atoms with Crippen molar-refractivity contribution in [2.45, 2.75) is 12.9 Å². The highest BCUT2D eigenvalue weighted by Gasteiger charge is 2.40. The van der Waals surface area contributed by atoms with E-state index in [4.69, 9.17) is 0 Å². The van der Waals surface area contributed by atoms with Crippen molar-refractivity contribution in [3.8, 4) is 0 Å². The first-order valence-corrected chi connectivity index (χ1v) is 12.0. The molecule has 1 heterocycles. The predicted octanol–water partition coefficient (Wildman–Crippen LogP) is 4.22. The molecule has 0 aromatic carbocycles. The Kier molecular flexibility index (Phi) is 6.43. The van der Waals surface area contributed by atoms with Crippen molar-refractivity contribution < 1.29 is 16.8 Å². The zero-order chi connectivity index (χ0) is 16.0. The van der Waals surface area contributed by atoms with Gasteiger partial charge in [0.05, 0.1) is 4.90 Å². The summed E-state index contributed by atoms with van der Waals surface area (Å²) in [5, 5.41) is -0.300. The standard InChI is InChI=1S/C7H3Br6NO4S2/c8-6(9,10)19(15,16)4-1-2-5(14-3-4)20(17,18)7(11,12)13/h1-3H. The molecule has 114 valence electrons. The van der Waals surface area contributed by atoms with Gasteiger partial charge in [-0.15, -0.1) is 0 Å². The number of aromatic nitrogens is 1. The first-order valence-electron chi connectivity index (χ1n) is 4.30. The maximum absolute atomic E-state index is 12.1. The molecule has 1 aromatic heterocycles. The van der Waals surface area contributed by atoms with Gasteiger partial charge in [-0.25, -0.2) is 21.8 Å². The van der Waals surface area contributed by atoms with Gasteiger partial charge in [0.2, 0.25) is 22.6 Å². The first-order chi connectivity index (χ1) is 8.71. The van der Waals surface area contributed by atoms with E-state index in [1.807, 2.05) is 0 Å². The molecule has 0 atom stereocenters. The fourth-order valence-electron chi connectivity index (χ4n) is 0.937. The van der Waals surface area contributed by atoms with Gasteiger partial charge in [-0.05, 0) is 108 Å². The third kappa shape index (κ3) is 4.06. The van der Waals surface area contributed by atoms with Gasteiger partial charge in [0, 0.05) is 6.20 Å². The van der Waals surface area contributed by atoms with Crippen molar-refractivity contribution in [1.82, 2.24) is 4.98 Å². The van der Waals surface area contributed by atoms with Crippen LogP contribution in [-0.4, -0.2) is 24.8 Å².